The van der Waals surface area contributed by atoms with Gasteiger partial charge in [0.2, 0.25) is 5.91 Å². The first-order chi connectivity index (χ1) is 15.1. The first-order valence-electron chi connectivity index (χ1n) is 11.1. The summed E-state index contributed by atoms with van der Waals surface area (Å²) in [5, 5.41) is 11.2. The van der Waals surface area contributed by atoms with E-state index in [9.17, 15) is 9.59 Å². The van der Waals surface area contributed by atoms with Gasteiger partial charge in [-0.3, -0.25) is 9.59 Å². The van der Waals surface area contributed by atoms with Gasteiger partial charge in [0.25, 0.3) is 5.91 Å². The Morgan fingerprint density at radius 1 is 1.23 bits per heavy atom. The molecule has 8 nitrogen and oxygen atoms in total. The number of H-pyrrole nitrogens is 1. The van der Waals surface area contributed by atoms with Gasteiger partial charge in [-0.2, -0.15) is 5.10 Å². The van der Waals surface area contributed by atoms with Gasteiger partial charge in [0, 0.05) is 28.7 Å². The highest BCUT2D eigenvalue weighted by atomic mass is 16.2. The van der Waals surface area contributed by atoms with Gasteiger partial charge in [0.15, 0.2) is 0 Å². The molecule has 1 saturated carbocycles. The quantitative estimate of drug-likeness (QED) is 0.521. The van der Waals surface area contributed by atoms with E-state index in [1.807, 2.05) is 6.07 Å². The number of hydrogen-bond donors (Lipinski definition) is 5. The third-order valence-electron chi connectivity index (χ3n) is 6.65. The molecule has 2 aromatic rings. The first-order valence-corrected chi connectivity index (χ1v) is 11.1. The molecule has 1 aromatic heterocycles. The van der Waals surface area contributed by atoms with Crippen LogP contribution in [-0.4, -0.2) is 42.1 Å². The van der Waals surface area contributed by atoms with Crippen LogP contribution in [0, 0.1) is 5.92 Å². The highest BCUT2D eigenvalue weighted by Crippen LogP contribution is 2.34. The molecule has 5 rings (SSSR count). The van der Waals surface area contributed by atoms with Crippen molar-refractivity contribution >= 4 is 40.2 Å². The lowest BCUT2D eigenvalue weighted by Crippen LogP contribution is -2.42. The number of hydrogen-bond acceptors (Lipinski definition) is 5. The SMILES string of the molecule is NC(C(=O)Nc1cc2c3c(c(C4=CCNCC4)[nH]c3c1)C=NNC2=O)C1CCCCC1. The van der Waals surface area contributed by atoms with E-state index in [-0.39, 0.29) is 17.7 Å². The second-order valence-corrected chi connectivity index (χ2v) is 8.66. The molecule has 1 unspecified atom stereocenters. The zero-order chi connectivity index (χ0) is 21.4. The van der Waals surface area contributed by atoms with Gasteiger partial charge in [-0.15, -0.1) is 0 Å². The summed E-state index contributed by atoms with van der Waals surface area (Å²) < 4.78 is 0. The topological polar surface area (TPSA) is 124 Å². The monoisotopic (exact) mass is 420 g/mol. The number of carbonyl (C=O) groups excluding carboxylic acids is 2. The molecule has 1 atom stereocenters. The van der Waals surface area contributed by atoms with Gasteiger partial charge in [-0.05, 0) is 49.4 Å². The van der Waals surface area contributed by atoms with Crippen LogP contribution in [0.25, 0.3) is 16.5 Å². The molecule has 1 aliphatic carbocycles. The molecule has 3 heterocycles. The minimum absolute atomic E-state index is 0.197. The molecule has 0 saturated heterocycles. The molecule has 3 aliphatic rings. The molecule has 1 aromatic carbocycles. The molecule has 0 radical (unpaired) electrons. The van der Waals surface area contributed by atoms with Gasteiger partial charge >= 0.3 is 0 Å². The highest BCUT2D eigenvalue weighted by Gasteiger charge is 2.27. The Balaban J connectivity index is 1.51. The fraction of sp³-hybridized carbons (Fsp3) is 0.435. The number of benzene rings is 1. The Bertz CT molecular complexity index is 1090. The Hall–Kier alpha value is -2.97. The van der Waals surface area contributed by atoms with Crippen molar-refractivity contribution in [2.24, 2.45) is 16.8 Å². The number of aromatic amines is 1. The predicted molar refractivity (Wildman–Crippen MR) is 122 cm³/mol. The van der Waals surface area contributed by atoms with E-state index in [2.05, 4.69) is 32.2 Å². The normalized spacial score (nSPS) is 20.2. The zero-order valence-electron chi connectivity index (χ0n) is 17.5. The van der Waals surface area contributed by atoms with Crippen LogP contribution in [-0.2, 0) is 4.79 Å². The number of amides is 2. The Labute approximate surface area is 180 Å². The van der Waals surface area contributed by atoms with E-state index in [1.165, 1.54) is 12.0 Å². The number of aromatic nitrogens is 1. The van der Waals surface area contributed by atoms with Crippen molar-refractivity contribution in [3.8, 4) is 0 Å². The summed E-state index contributed by atoms with van der Waals surface area (Å²) in [7, 11) is 0. The van der Waals surface area contributed by atoms with Gasteiger partial charge in [0.05, 0.1) is 23.5 Å². The first kappa shape index (κ1) is 20.0. The maximum atomic E-state index is 12.8. The summed E-state index contributed by atoms with van der Waals surface area (Å²) in [6.45, 7) is 1.72. The van der Waals surface area contributed by atoms with E-state index < -0.39 is 6.04 Å². The van der Waals surface area contributed by atoms with E-state index in [4.69, 9.17) is 5.73 Å². The average molecular weight is 421 g/mol. The average Bonchev–Trinajstić information content (AvgIpc) is 3.08. The third-order valence-corrected chi connectivity index (χ3v) is 6.65. The summed E-state index contributed by atoms with van der Waals surface area (Å²) in [6, 6.07) is 3.06. The van der Waals surface area contributed by atoms with Crippen molar-refractivity contribution in [1.29, 1.82) is 0 Å². The van der Waals surface area contributed by atoms with E-state index in [0.29, 0.717) is 11.3 Å². The van der Waals surface area contributed by atoms with Crippen LogP contribution in [0.5, 0.6) is 0 Å². The van der Waals surface area contributed by atoms with Gasteiger partial charge in [-0.1, -0.05) is 25.3 Å². The van der Waals surface area contributed by atoms with Crippen LogP contribution in [0.2, 0.25) is 0 Å². The molecular formula is C23H28N6O2. The van der Waals surface area contributed by atoms with Gasteiger partial charge in [-0.25, -0.2) is 5.43 Å². The van der Waals surface area contributed by atoms with Crippen molar-refractivity contribution in [1.82, 2.24) is 15.7 Å². The zero-order valence-corrected chi connectivity index (χ0v) is 17.5. The number of hydrazone groups is 1. The highest BCUT2D eigenvalue weighted by molar-refractivity contribution is 6.17. The second-order valence-electron chi connectivity index (χ2n) is 8.66. The summed E-state index contributed by atoms with van der Waals surface area (Å²) in [5.41, 5.74) is 13.8. The van der Waals surface area contributed by atoms with Crippen LogP contribution in [0.4, 0.5) is 5.69 Å². The van der Waals surface area contributed by atoms with Crippen LogP contribution in [0.1, 0.15) is 60.1 Å². The van der Waals surface area contributed by atoms with Crippen LogP contribution in [0.15, 0.2) is 23.3 Å². The lowest BCUT2D eigenvalue weighted by molar-refractivity contribution is -0.118. The summed E-state index contributed by atoms with van der Waals surface area (Å²) >= 11 is 0. The van der Waals surface area contributed by atoms with Crippen molar-refractivity contribution < 1.29 is 9.59 Å². The molecule has 2 amide bonds. The molecule has 0 spiro atoms. The summed E-state index contributed by atoms with van der Waals surface area (Å²) in [4.78, 5) is 29.0. The molecule has 162 valence electrons. The third kappa shape index (κ3) is 3.77. The number of anilines is 1. The van der Waals surface area contributed by atoms with E-state index in [1.54, 1.807) is 12.3 Å². The largest absolute Gasteiger partial charge is 0.354 e. The van der Waals surface area contributed by atoms with Gasteiger partial charge in [0.1, 0.15) is 0 Å². The van der Waals surface area contributed by atoms with Crippen molar-refractivity contribution in [3.63, 3.8) is 0 Å². The van der Waals surface area contributed by atoms with Crippen LogP contribution in [0.3, 0.4) is 0 Å². The number of nitrogens with two attached hydrogens (primary N) is 1. The fourth-order valence-electron chi connectivity index (χ4n) is 4.99. The van der Waals surface area contributed by atoms with E-state index in [0.717, 1.165) is 67.4 Å². The number of rotatable bonds is 4. The molecule has 1 fully saturated rings. The molecule has 8 heteroatoms. The smallest absolute Gasteiger partial charge is 0.272 e. The van der Waals surface area contributed by atoms with Crippen LogP contribution < -0.4 is 21.8 Å². The Kier molecular flexibility index (Phi) is 5.33. The van der Waals surface area contributed by atoms with Crippen molar-refractivity contribution in [2.75, 3.05) is 18.4 Å². The van der Waals surface area contributed by atoms with Gasteiger partial charge < -0.3 is 21.4 Å². The number of nitrogens with one attached hydrogen (secondary N) is 4. The minimum atomic E-state index is -0.540. The summed E-state index contributed by atoms with van der Waals surface area (Å²) in [5.74, 6) is -0.277. The van der Waals surface area contributed by atoms with Crippen LogP contribution >= 0.6 is 0 Å². The number of nitrogens with zero attached hydrogens (tertiary/aromatic N) is 1. The maximum Gasteiger partial charge on any atom is 0.272 e. The Morgan fingerprint density at radius 3 is 2.84 bits per heavy atom. The Morgan fingerprint density at radius 2 is 2.06 bits per heavy atom. The maximum absolute atomic E-state index is 12.8. The molecule has 6 N–H and O–H groups in total. The molecule has 2 aliphatic heterocycles. The predicted octanol–water partition coefficient (Wildman–Crippen LogP) is 2.47. The molecule has 0 bridgehead atoms. The fourth-order valence-corrected chi connectivity index (χ4v) is 4.99. The minimum Gasteiger partial charge on any atom is -0.354 e. The van der Waals surface area contributed by atoms with E-state index >= 15 is 0 Å². The second kappa shape index (κ2) is 8.28. The van der Waals surface area contributed by atoms with Crippen molar-refractivity contribution in [3.05, 3.63) is 35.0 Å². The summed E-state index contributed by atoms with van der Waals surface area (Å²) in [6.07, 6.45) is 10.2. The lowest BCUT2D eigenvalue weighted by atomic mass is 9.84. The lowest BCUT2D eigenvalue weighted by Gasteiger charge is -2.26. The number of carbonyl (C=O) groups is 2. The molecule has 31 heavy (non-hydrogen) atoms. The molecular weight excluding hydrogens is 392 g/mol. The standard InChI is InChI=1S/C23H28N6O2/c24-20(13-4-2-1-3-5-13)23(31)27-15-10-16-19-17(12-26-29-22(16)30)21(28-18(19)11-15)14-6-8-25-9-7-14/h6,10-13,20,25,28H,1-5,7-9,24H2,(H,27,31)(H,29,30). The van der Waals surface area contributed by atoms with Crippen molar-refractivity contribution in [2.45, 2.75) is 44.6 Å².